The van der Waals surface area contributed by atoms with Crippen molar-refractivity contribution in [3.8, 4) is 5.75 Å². The van der Waals surface area contributed by atoms with E-state index in [0.717, 1.165) is 22.2 Å². The molecule has 0 saturated carbocycles. The van der Waals surface area contributed by atoms with E-state index in [1.807, 2.05) is 37.3 Å². The third-order valence-corrected chi connectivity index (χ3v) is 4.83. The molecule has 24 heavy (non-hydrogen) atoms. The highest BCUT2D eigenvalue weighted by molar-refractivity contribution is 8.16. The van der Waals surface area contributed by atoms with Gasteiger partial charge in [-0.3, -0.25) is 0 Å². The lowest BCUT2D eigenvalue weighted by atomic mass is 10.0. The Hall–Kier alpha value is -2.46. The van der Waals surface area contributed by atoms with E-state index in [2.05, 4.69) is 51.8 Å². The van der Waals surface area contributed by atoms with Gasteiger partial charge in [-0.25, -0.2) is 4.99 Å². The normalized spacial score (nSPS) is 18.9. The number of nitrogens with zero attached hydrogens (tertiary/aromatic N) is 2. The van der Waals surface area contributed by atoms with Crippen LogP contribution in [-0.4, -0.2) is 10.1 Å². The largest absolute Gasteiger partial charge is 0.489 e. The van der Waals surface area contributed by atoms with Gasteiger partial charge in [0, 0.05) is 17.5 Å². The van der Waals surface area contributed by atoms with Crippen molar-refractivity contribution in [3.05, 3.63) is 89.1 Å². The van der Waals surface area contributed by atoms with E-state index in [1.165, 1.54) is 5.56 Å². The smallest absolute Gasteiger partial charge is 0.173 e. The maximum absolute atomic E-state index is 6.13. The first-order valence-electron chi connectivity index (χ1n) is 7.96. The predicted molar refractivity (Wildman–Crippen MR) is 99.7 cm³/mol. The zero-order chi connectivity index (χ0) is 16.4. The molecule has 2 aromatic carbocycles. The molecule has 0 radical (unpaired) electrons. The van der Waals surface area contributed by atoms with Crippen LogP contribution in [0.15, 0.2) is 83.0 Å². The van der Waals surface area contributed by atoms with Crippen molar-refractivity contribution >= 4 is 16.9 Å². The summed E-state index contributed by atoms with van der Waals surface area (Å²) < 4.78 is 6.13. The average molecular weight is 334 g/mol. The number of para-hydroxylation sites is 1. The molecule has 0 fully saturated rings. The summed E-state index contributed by atoms with van der Waals surface area (Å²) in [6, 6.07) is 18.6. The van der Waals surface area contributed by atoms with Gasteiger partial charge in [0.25, 0.3) is 0 Å². The first-order chi connectivity index (χ1) is 11.8. The fourth-order valence-electron chi connectivity index (χ4n) is 2.91. The number of fused-ring (bicyclic) bond motifs is 1. The minimum Gasteiger partial charge on any atom is -0.489 e. The van der Waals surface area contributed by atoms with Crippen LogP contribution in [0.3, 0.4) is 0 Å². The van der Waals surface area contributed by atoms with E-state index in [9.17, 15) is 0 Å². The Morgan fingerprint density at radius 1 is 1.08 bits per heavy atom. The van der Waals surface area contributed by atoms with Crippen LogP contribution in [0.1, 0.15) is 24.1 Å². The lowest BCUT2D eigenvalue weighted by Crippen LogP contribution is -2.27. The molecule has 0 saturated heterocycles. The Labute approximate surface area is 146 Å². The van der Waals surface area contributed by atoms with E-state index < -0.39 is 0 Å². The highest BCUT2D eigenvalue weighted by atomic mass is 32.2. The zero-order valence-corrected chi connectivity index (χ0v) is 14.2. The Bertz CT molecular complexity index is 827. The van der Waals surface area contributed by atoms with Crippen LogP contribution in [0.2, 0.25) is 0 Å². The fourth-order valence-corrected chi connectivity index (χ4v) is 3.71. The van der Waals surface area contributed by atoms with Crippen LogP contribution in [0.4, 0.5) is 0 Å². The molecule has 0 bridgehead atoms. The van der Waals surface area contributed by atoms with Crippen LogP contribution < -0.4 is 4.74 Å². The predicted octanol–water partition coefficient (Wildman–Crippen LogP) is 5.10. The van der Waals surface area contributed by atoms with Gasteiger partial charge in [-0.1, -0.05) is 60.3 Å². The molecule has 1 unspecified atom stereocenters. The van der Waals surface area contributed by atoms with Crippen LogP contribution in [0.25, 0.3) is 0 Å². The third kappa shape index (κ3) is 2.97. The second-order valence-electron chi connectivity index (χ2n) is 5.77. The molecule has 120 valence electrons. The highest BCUT2D eigenvalue weighted by Gasteiger charge is 2.28. The molecule has 2 aliphatic heterocycles. The SMILES string of the molecule is CC1=CC(c2ccccc2OCc2ccccc2)N2C=CSC2=N1. The first-order valence-corrected chi connectivity index (χ1v) is 8.84. The third-order valence-electron chi connectivity index (χ3n) is 4.06. The van der Waals surface area contributed by atoms with Crippen molar-refractivity contribution in [1.82, 2.24) is 4.90 Å². The van der Waals surface area contributed by atoms with Crippen LogP contribution in [0.5, 0.6) is 5.75 Å². The second-order valence-corrected chi connectivity index (χ2v) is 6.64. The van der Waals surface area contributed by atoms with Gasteiger partial charge in [-0.05, 0) is 30.0 Å². The van der Waals surface area contributed by atoms with E-state index in [0.29, 0.717) is 6.61 Å². The summed E-state index contributed by atoms with van der Waals surface area (Å²) in [5.74, 6) is 0.918. The summed E-state index contributed by atoms with van der Waals surface area (Å²) >= 11 is 1.66. The Morgan fingerprint density at radius 3 is 2.75 bits per heavy atom. The molecule has 2 heterocycles. The topological polar surface area (TPSA) is 24.8 Å². The van der Waals surface area contributed by atoms with Crippen LogP contribution in [0, 0.1) is 0 Å². The summed E-state index contributed by atoms with van der Waals surface area (Å²) in [7, 11) is 0. The maximum Gasteiger partial charge on any atom is 0.173 e. The lowest BCUT2D eigenvalue weighted by molar-refractivity contribution is 0.297. The molecule has 0 aromatic heterocycles. The van der Waals surface area contributed by atoms with Crippen molar-refractivity contribution < 1.29 is 4.74 Å². The average Bonchev–Trinajstić information content (AvgIpc) is 3.09. The van der Waals surface area contributed by atoms with Crippen molar-refractivity contribution in [1.29, 1.82) is 0 Å². The van der Waals surface area contributed by atoms with Gasteiger partial charge in [0.05, 0.1) is 6.04 Å². The minimum atomic E-state index is 0.121. The first kappa shape index (κ1) is 15.1. The summed E-state index contributed by atoms with van der Waals surface area (Å²) in [6.07, 6.45) is 4.27. The number of rotatable bonds is 4. The Morgan fingerprint density at radius 2 is 1.88 bits per heavy atom. The van der Waals surface area contributed by atoms with Crippen molar-refractivity contribution in [2.24, 2.45) is 4.99 Å². The fraction of sp³-hybridized carbons (Fsp3) is 0.150. The van der Waals surface area contributed by atoms with Gasteiger partial charge < -0.3 is 9.64 Å². The minimum absolute atomic E-state index is 0.121. The van der Waals surface area contributed by atoms with E-state index in [4.69, 9.17) is 4.74 Å². The Kier molecular flexibility index (Phi) is 4.13. The van der Waals surface area contributed by atoms with Gasteiger partial charge in [0.2, 0.25) is 0 Å². The number of aliphatic imine (C=N–C) groups is 1. The summed E-state index contributed by atoms with van der Waals surface area (Å²) in [6.45, 7) is 2.61. The molecule has 1 atom stereocenters. The molecule has 0 N–H and O–H groups in total. The maximum atomic E-state index is 6.13. The quantitative estimate of drug-likeness (QED) is 0.777. The van der Waals surface area contributed by atoms with Crippen molar-refractivity contribution in [3.63, 3.8) is 0 Å². The van der Waals surface area contributed by atoms with Crippen LogP contribution in [-0.2, 0) is 6.61 Å². The summed E-state index contributed by atoms with van der Waals surface area (Å²) in [5, 5.41) is 3.10. The Balaban J connectivity index is 1.62. The van der Waals surface area contributed by atoms with Gasteiger partial charge >= 0.3 is 0 Å². The van der Waals surface area contributed by atoms with E-state index in [-0.39, 0.29) is 6.04 Å². The van der Waals surface area contributed by atoms with Crippen molar-refractivity contribution in [2.45, 2.75) is 19.6 Å². The van der Waals surface area contributed by atoms with Gasteiger partial charge in [0.15, 0.2) is 5.17 Å². The molecule has 3 nitrogen and oxygen atoms in total. The standard InChI is InChI=1S/C20H18N2OS/c1-15-13-18(22-11-12-24-20(22)21-15)17-9-5-6-10-19(17)23-14-16-7-3-2-4-8-16/h2-13,18H,14H2,1H3. The molecule has 0 spiro atoms. The van der Waals surface area contributed by atoms with Crippen LogP contribution >= 0.6 is 11.8 Å². The van der Waals surface area contributed by atoms with Crippen molar-refractivity contribution in [2.75, 3.05) is 0 Å². The number of hydrogen-bond acceptors (Lipinski definition) is 4. The van der Waals surface area contributed by atoms with Gasteiger partial charge in [0.1, 0.15) is 12.4 Å². The molecular weight excluding hydrogens is 316 g/mol. The summed E-state index contributed by atoms with van der Waals surface area (Å²) in [5.41, 5.74) is 3.37. The molecular formula is C20H18N2OS. The number of thioether (sulfide) groups is 1. The molecule has 2 aliphatic rings. The molecule has 4 heteroatoms. The molecule has 4 rings (SSSR count). The number of hydrogen-bond donors (Lipinski definition) is 0. The number of ether oxygens (including phenoxy) is 1. The molecule has 0 amide bonds. The van der Waals surface area contributed by atoms with Gasteiger partial charge in [-0.15, -0.1) is 0 Å². The number of amidine groups is 1. The monoisotopic (exact) mass is 334 g/mol. The number of allylic oxidation sites excluding steroid dienone is 1. The second kappa shape index (κ2) is 6.57. The zero-order valence-electron chi connectivity index (χ0n) is 13.4. The lowest BCUT2D eigenvalue weighted by Gasteiger charge is -2.30. The van der Waals surface area contributed by atoms with E-state index in [1.54, 1.807) is 11.8 Å². The van der Waals surface area contributed by atoms with E-state index >= 15 is 0 Å². The van der Waals surface area contributed by atoms with Gasteiger partial charge in [-0.2, -0.15) is 0 Å². The number of benzene rings is 2. The highest BCUT2D eigenvalue weighted by Crippen LogP contribution is 2.39. The molecule has 0 aliphatic carbocycles. The molecule has 2 aromatic rings. The summed E-state index contributed by atoms with van der Waals surface area (Å²) in [4.78, 5) is 6.80.